The van der Waals surface area contributed by atoms with Crippen molar-refractivity contribution in [2.75, 3.05) is 0 Å². The van der Waals surface area contributed by atoms with E-state index in [0.717, 1.165) is 10.4 Å². The molecule has 0 aliphatic heterocycles. The quantitative estimate of drug-likeness (QED) is 0.836. The van der Waals surface area contributed by atoms with Crippen LogP contribution in [-0.2, 0) is 0 Å². The number of benzene rings is 1. The Hall–Kier alpha value is -1.12. The maximum atomic E-state index is 10.3. The summed E-state index contributed by atoms with van der Waals surface area (Å²) in [5, 5.41) is 10.3. The number of aliphatic hydroxyl groups is 1. The fourth-order valence-corrected chi connectivity index (χ4v) is 2.82. The predicted octanol–water partition coefficient (Wildman–Crippen LogP) is 3.76. The number of thiophene rings is 1. The summed E-state index contributed by atoms with van der Waals surface area (Å²) in [6.07, 6.45) is -0.489. The van der Waals surface area contributed by atoms with Crippen molar-refractivity contribution in [2.45, 2.75) is 26.9 Å². The zero-order valence-corrected chi connectivity index (χ0v) is 10.6. The van der Waals surface area contributed by atoms with Crippen molar-refractivity contribution in [1.82, 2.24) is 0 Å². The SMILES string of the molecule is Cc1cc(C)cc([C@@H](O)c2ccc(C)s2)c1. The normalized spacial score (nSPS) is 12.8. The molecule has 0 bridgehead atoms. The topological polar surface area (TPSA) is 20.2 Å². The van der Waals surface area contributed by atoms with Crippen LogP contribution in [0.1, 0.15) is 32.5 Å². The van der Waals surface area contributed by atoms with Crippen molar-refractivity contribution >= 4 is 11.3 Å². The fourth-order valence-electron chi connectivity index (χ4n) is 1.93. The van der Waals surface area contributed by atoms with E-state index in [2.05, 4.69) is 26.8 Å². The lowest BCUT2D eigenvalue weighted by atomic mass is 10.0. The van der Waals surface area contributed by atoms with Gasteiger partial charge in [-0.15, -0.1) is 11.3 Å². The van der Waals surface area contributed by atoms with Gasteiger partial charge in [-0.05, 0) is 38.5 Å². The Morgan fingerprint density at radius 2 is 1.62 bits per heavy atom. The molecule has 0 saturated heterocycles. The van der Waals surface area contributed by atoms with Gasteiger partial charge in [0.1, 0.15) is 6.10 Å². The Balaban J connectivity index is 2.37. The lowest BCUT2D eigenvalue weighted by Crippen LogP contribution is -1.98. The standard InChI is InChI=1S/C14H16OS/c1-9-6-10(2)8-12(7-9)14(15)13-5-4-11(3)16-13/h4-8,14-15H,1-3H3/t14-/m1/s1. The van der Waals surface area contributed by atoms with Gasteiger partial charge in [0.05, 0.1) is 0 Å². The summed E-state index contributed by atoms with van der Waals surface area (Å²) in [6, 6.07) is 10.3. The van der Waals surface area contributed by atoms with Crippen LogP contribution >= 0.6 is 11.3 Å². The molecule has 0 amide bonds. The third kappa shape index (κ3) is 2.34. The summed E-state index contributed by atoms with van der Waals surface area (Å²) >= 11 is 1.65. The minimum Gasteiger partial charge on any atom is -0.383 e. The highest BCUT2D eigenvalue weighted by molar-refractivity contribution is 7.12. The molecule has 1 aromatic heterocycles. The van der Waals surface area contributed by atoms with Crippen LogP contribution in [0, 0.1) is 20.8 Å². The second kappa shape index (κ2) is 4.40. The van der Waals surface area contributed by atoms with Crippen LogP contribution in [0.3, 0.4) is 0 Å². The third-order valence-electron chi connectivity index (χ3n) is 2.59. The molecule has 1 heterocycles. The molecule has 2 aromatic rings. The van der Waals surface area contributed by atoms with Crippen molar-refractivity contribution in [3.63, 3.8) is 0 Å². The van der Waals surface area contributed by atoms with Gasteiger partial charge >= 0.3 is 0 Å². The van der Waals surface area contributed by atoms with Crippen LogP contribution in [-0.4, -0.2) is 5.11 Å². The molecule has 0 aliphatic rings. The Kier molecular flexibility index (Phi) is 3.13. The van der Waals surface area contributed by atoms with Crippen molar-refractivity contribution in [3.05, 3.63) is 56.8 Å². The minimum atomic E-state index is -0.489. The number of aliphatic hydroxyl groups excluding tert-OH is 1. The Morgan fingerprint density at radius 1 is 1.00 bits per heavy atom. The molecule has 0 saturated carbocycles. The fraction of sp³-hybridized carbons (Fsp3) is 0.286. The zero-order valence-electron chi connectivity index (χ0n) is 9.82. The van der Waals surface area contributed by atoms with E-state index < -0.39 is 6.10 Å². The van der Waals surface area contributed by atoms with Gasteiger partial charge in [-0.1, -0.05) is 29.3 Å². The lowest BCUT2D eigenvalue weighted by molar-refractivity contribution is 0.224. The van der Waals surface area contributed by atoms with Gasteiger partial charge in [0.15, 0.2) is 0 Å². The zero-order chi connectivity index (χ0) is 11.7. The van der Waals surface area contributed by atoms with Gasteiger partial charge in [0.2, 0.25) is 0 Å². The van der Waals surface area contributed by atoms with Crippen LogP contribution in [0.25, 0.3) is 0 Å². The van der Waals surface area contributed by atoms with Gasteiger partial charge < -0.3 is 5.11 Å². The predicted molar refractivity (Wildman–Crippen MR) is 69.0 cm³/mol. The highest BCUT2D eigenvalue weighted by atomic mass is 32.1. The molecule has 0 aliphatic carbocycles. The summed E-state index contributed by atoms with van der Waals surface area (Å²) in [6.45, 7) is 6.17. The highest BCUT2D eigenvalue weighted by Crippen LogP contribution is 2.29. The van der Waals surface area contributed by atoms with Crippen LogP contribution in [0.15, 0.2) is 30.3 Å². The average Bonchev–Trinajstić information content (AvgIpc) is 2.62. The number of hydrogen-bond donors (Lipinski definition) is 1. The summed E-state index contributed by atoms with van der Waals surface area (Å²) in [7, 11) is 0. The van der Waals surface area contributed by atoms with Crippen molar-refractivity contribution < 1.29 is 5.11 Å². The molecular weight excluding hydrogens is 216 g/mol. The minimum absolute atomic E-state index is 0.489. The summed E-state index contributed by atoms with van der Waals surface area (Å²) in [4.78, 5) is 2.25. The van der Waals surface area contributed by atoms with Crippen LogP contribution in [0.5, 0.6) is 0 Å². The van der Waals surface area contributed by atoms with Gasteiger partial charge in [-0.2, -0.15) is 0 Å². The molecule has 0 spiro atoms. The monoisotopic (exact) mass is 232 g/mol. The van der Waals surface area contributed by atoms with E-state index in [4.69, 9.17) is 0 Å². The Labute approximate surface area is 100 Å². The number of rotatable bonds is 2. The van der Waals surface area contributed by atoms with Crippen LogP contribution in [0.2, 0.25) is 0 Å². The van der Waals surface area contributed by atoms with Crippen molar-refractivity contribution in [3.8, 4) is 0 Å². The molecule has 2 rings (SSSR count). The molecule has 2 heteroatoms. The Bertz CT molecular complexity index is 479. The maximum absolute atomic E-state index is 10.3. The van der Waals surface area contributed by atoms with E-state index in [-0.39, 0.29) is 0 Å². The first-order valence-electron chi connectivity index (χ1n) is 5.39. The molecule has 1 N–H and O–H groups in total. The summed E-state index contributed by atoms with van der Waals surface area (Å²) in [5.74, 6) is 0. The van der Waals surface area contributed by atoms with E-state index >= 15 is 0 Å². The molecular formula is C14H16OS. The second-order valence-corrected chi connectivity index (χ2v) is 5.59. The smallest absolute Gasteiger partial charge is 0.113 e. The van der Waals surface area contributed by atoms with Gasteiger partial charge in [-0.25, -0.2) is 0 Å². The lowest BCUT2D eigenvalue weighted by Gasteiger charge is -2.11. The van der Waals surface area contributed by atoms with E-state index in [1.54, 1.807) is 11.3 Å². The highest BCUT2D eigenvalue weighted by Gasteiger charge is 2.12. The molecule has 1 atom stereocenters. The van der Waals surface area contributed by atoms with Gasteiger partial charge in [-0.3, -0.25) is 0 Å². The first-order valence-corrected chi connectivity index (χ1v) is 6.20. The van der Waals surface area contributed by atoms with Gasteiger partial charge in [0.25, 0.3) is 0 Å². The average molecular weight is 232 g/mol. The van der Waals surface area contributed by atoms with Crippen molar-refractivity contribution in [1.29, 1.82) is 0 Å². The maximum Gasteiger partial charge on any atom is 0.113 e. The molecule has 16 heavy (non-hydrogen) atoms. The van der Waals surface area contributed by atoms with Gasteiger partial charge in [0, 0.05) is 9.75 Å². The first-order chi connectivity index (χ1) is 7.56. The van der Waals surface area contributed by atoms with Crippen LogP contribution in [0.4, 0.5) is 0 Å². The third-order valence-corrected chi connectivity index (χ3v) is 3.64. The van der Waals surface area contributed by atoms with E-state index in [1.165, 1.54) is 16.0 Å². The Morgan fingerprint density at radius 3 is 2.12 bits per heavy atom. The first kappa shape index (κ1) is 11.4. The molecule has 0 fully saturated rings. The van der Waals surface area contributed by atoms with Crippen LogP contribution < -0.4 is 0 Å². The molecule has 1 nitrogen and oxygen atoms in total. The number of hydrogen-bond acceptors (Lipinski definition) is 2. The summed E-state index contributed by atoms with van der Waals surface area (Å²) < 4.78 is 0. The molecule has 0 unspecified atom stereocenters. The van der Waals surface area contributed by atoms with Crippen molar-refractivity contribution in [2.24, 2.45) is 0 Å². The van der Waals surface area contributed by atoms with E-state index in [0.29, 0.717) is 0 Å². The van der Waals surface area contributed by atoms with E-state index in [9.17, 15) is 5.11 Å². The number of aryl methyl sites for hydroxylation is 3. The molecule has 1 aromatic carbocycles. The molecule has 84 valence electrons. The molecule has 0 radical (unpaired) electrons. The largest absolute Gasteiger partial charge is 0.383 e. The second-order valence-electron chi connectivity index (χ2n) is 4.27. The van der Waals surface area contributed by atoms with E-state index in [1.807, 2.05) is 24.3 Å². The summed E-state index contributed by atoms with van der Waals surface area (Å²) in [5.41, 5.74) is 3.38.